The van der Waals surface area contributed by atoms with Gasteiger partial charge in [-0.15, -0.1) is 0 Å². The Labute approximate surface area is 48.1 Å². The van der Waals surface area contributed by atoms with Crippen molar-refractivity contribution >= 4 is 9.52 Å². The minimum atomic E-state index is 0.722. The van der Waals surface area contributed by atoms with Crippen LogP contribution in [0.5, 0.6) is 0 Å². The van der Waals surface area contributed by atoms with Crippen molar-refractivity contribution in [1.82, 2.24) is 0 Å². The van der Waals surface area contributed by atoms with Gasteiger partial charge in [0.05, 0.1) is 0 Å². The first kappa shape index (κ1) is 5.36. The van der Waals surface area contributed by atoms with Crippen LogP contribution in [0.2, 0.25) is 11.1 Å². The van der Waals surface area contributed by atoms with Gasteiger partial charge in [0.1, 0.15) is 0 Å². The fourth-order valence-corrected chi connectivity index (χ4v) is 2.43. The molecule has 0 aromatic carbocycles. The van der Waals surface area contributed by atoms with Gasteiger partial charge in [-0.3, -0.25) is 0 Å². The molecule has 0 saturated carbocycles. The largest absolute Gasteiger partial charge is 0.0628 e. The minimum Gasteiger partial charge on any atom is -0.0628 e. The summed E-state index contributed by atoms with van der Waals surface area (Å²) in [4.78, 5) is 0. The van der Waals surface area contributed by atoms with E-state index >= 15 is 0 Å². The van der Waals surface area contributed by atoms with E-state index < -0.39 is 0 Å². The summed E-state index contributed by atoms with van der Waals surface area (Å²) in [6, 6.07) is 1.49. The van der Waals surface area contributed by atoms with Crippen molar-refractivity contribution in [3.05, 3.63) is 0 Å². The molecule has 0 aliphatic carbocycles. The molecular formula is C6H12Si. The molecule has 1 fully saturated rings. The second kappa shape index (κ2) is 1.62. The predicted molar refractivity (Wildman–Crippen MR) is 33.8 cm³/mol. The molecule has 1 aliphatic rings. The van der Waals surface area contributed by atoms with E-state index in [0.717, 1.165) is 5.04 Å². The predicted octanol–water partition coefficient (Wildman–Crippen LogP) is 2.10. The Morgan fingerprint density at radius 3 is 2.29 bits per heavy atom. The molecule has 1 aliphatic heterocycles. The molecule has 1 rings (SSSR count). The third kappa shape index (κ3) is 1.30. The van der Waals surface area contributed by atoms with E-state index in [1.54, 1.807) is 0 Å². The molecule has 0 spiro atoms. The van der Waals surface area contributed by atoms with Crippen LogP contribution in [0.4, 0.5) is 0 Å². The van der Waals surface area contributed by atoms with Crippen LogP contribution >= 0.6 is 0 Å². The van der Waals surface area contributed by atoms with Crippen LogP contribution in [0, 0.1) is 0 Å². The molecule has 1 heterocycles. The molecule has 7 heavy (non-hydrogen) atoms. The second-order valence-corrected chi connectivity index (χ2v) is 5.12. The highest BCUT2D eigenvalue weighted by atomic mass is 28.2. The first-order valence-electron chi connectivity index (χ1n) is 2.96. The normalized spacial score (nSPS) is 28.3. The molecule has 1 saturated heterocycles. The van der Waals surface area contributed by atoms with Gasteiger partial charge in [-0.1, -0.05) is 32.7 Å². The lowest BCUT2D eigenvalue weighted by Crippen LogP contribution is -2.02. The minimum absolute atomic E-state index is 0.722. The molecule has 0 aromatic heterocycles. The zero-order valence-electron chi connectivity index (χ0n) is 5.12. The van der Waals surface area contributed by atoms with Crippen molar-refractivity contribution in [1.29, 1.82) is 0 Å². The van der Waals surface area contributed by atoms with Gasteiger partial charge in [-0.05, 0) is 5.04 Å². The Hall–Kier alpha value is 0.217. The fraction of sp³-hybridized carbons (Fsp3) is 1.00. The zero-order valence-corrected chi connectivity index (χ0v) is 6.12. The van der Waals surface area contributed by atoms with Crippen molar-refractivity contribution in [3.63, 3.8) is 0 Å². The van der Waals surface area contributed by atoms with Gasteiger partial charge in [0.2, 0.25) is 0 Å². The Bertz CT molecular complexity index is 58.6. The lowest BCUT2D eigenvalue weighted by Gasteiger charge is -2.13. The van der Waals surface area contributed by atoms with Crippen LogP contribution in [0.25, 0.3) is 0 Å². The molecule has 0 nitrogen and oxygen atoms in total. The Morgan fingerprint density at radius 1 is 1.43 bits per heavy atom. The fourth-order valence-electron chi connectivity index (χ4n) is 1.05. The van der Waals surface area contributed by atoms with Crippen molar-refractivity contribution < 1.29 is 0 Å². The van der Waals surface area contributed by atoms with Crippen LogP contribution in [-0.2, 0) is 0 Å². The van der Waals surface area contributed by atoms with E-state index in [9.17, 15) is 0 Å². The third-order valence-electron chi connectivity index (χ3n) is 1.58. The lowest BCUT2D eigenvalue weighted by atomic mass is 10.1. The molecule has 1 heteroatoms. The van der Waals surface area contributed by atoms with Gasteiger partial charge in [0, 0.05) is 9.52 Å². The van der Waals surface area contributed by atoms with E-state index in [0.29, 0.717) is 0 Å². The van der Waals surface area contributed by atoms with Crippen molar-refractivity contribution in [3.8, 4) is 0 Å². The summed E-state index contributed by atoms with van der Waals surface area (Å²) in [5.41, 5.74) is 0. The Balaban J connectivity index is 2.40. The lowest BCUT2D eigenvalue weighted by molar-refractivity contribution is 0.637. The topological polar surface area (TPSA) is 0 Å². The maximum Gasteiger partial charge on any atom is 0.0448 e. The molecule has 0 N–H and O–H groups in total. The van der Waals surface area contributed by atoms with Gasteiger partial charge < -0.3 is 0 Å². The second-order valence-electron chi connectivity index (χ2n) is 2.91. The highest BCUT2D eigenvalue weighted by Gasteiger charge is 2.22. The van der Waals surface area contributed by atoms with Gasteiger partial charge in [0.15, 0.2) is 0 Å². The molecule has 0 unspecified atom stereocenters. The molecule has 40 valence electrons. The van der Waals surface area contributed by atoms with Gasteiger partial charge in [0.25, 0.3) is 0 Å². The monoisotopic (exact) mass is 112 g/mol. The van der Waals surface area contributed by atoms with Gasteiger partial charge in [-0.2, -0.15) is 0 Å². The summed E-state index contributed by atoms with van der Waals surface area (Å²) in [5, 5.41) is 0.722. The average molecular weight is 112 g/mol. The molecule has 0 atom stereocenters. The van der Waals surface area contributed by atoms with Crippen molar-refractivity contribution in [2.75, 3.05) is 0 Å². The van der Waals surface area contributed by atoms with Crippen LogP contribution in [0.3, 0.4) is 0 Å². The molecule has 0 amide bonds. The quantitative estimate of drug-likeness (QED) is 0.421. The van der Waals surface area contributed by atoms with E-state index in [-0.39, 0.29) is 0 Å². The molecule has 0 bridgehead atoms. The SMILES string of the molecule is CC1(C)CCC[Si]1. The first-order valence-corrected chi connectivity index (χ1v) is 4.16. The number of rotatable bonds is 0. The maximum absolute atomic E-state index is 2.37. The van der Waals surface area contributed by atoms with Crippen LogP contribution in [0.1, 0.15) is 26.7 Å². The summed E-state index contributed by atoms with van der Waals surface area (Å²) in [6.07, 6.45) is 2.94. The highest BCUT2D eigenvalue weighted by Crippen LogP contribution is 2.37. The Kier molecular flexibility index (Phi) is 1.24. The summed E-state index contributed by atoms with van der Waals surface area (Å²) in [6.45, 7) is 4.75. The van der Waals surface area contributed by atoms with E-state index in [1.165, 1.54) is 28.4 Å². The smallest absolute Gasteiger partial charge is 0.0448 e. The summed E-state index contributed by atoms with van der Waals surface area (Å²) < 4.78 is 0. The van der Waals surface area contributed by atoms with E-state index in [2.05, 4.69) is 13.8 Å². The summed E-state index contributed by atoms with van der Waals surface area (Å²) in [5.74, 6) is 0. The van der Waals surface area contributed by atoms with E-state index in [1.807, 2.05) is 0 Å². The Morgan fingerprint density at radius 2 is 2.14 bits per heavy atom. The third-order valence-corrected chi connectivity index (χ3v) is 3.39. The van der Waals surface area contributed by atoms with Crippen LogP contribution in [-0.4, -0.2) is 9.52 Å². The highest BCUT2D eigenvalue weighted by molar-refractivity contribution is 6.40. The average Bonchev–Trinajstić information content (AvgIpc) is 1.84. The first-order chi connectivity index (χ1) is 3.21. The van der Waals surface area contributed by atoms with Crippen LogP contribution < -0.4 is 0 Å². The number of hydrogen-bond acceptors (Lipinski definition) is 0. The van der Waals surface area contributed by atoms with Gasteiger partial charge >= 0.3 is 0 Å². The van der Waals surface area contributed by atoms with E-state index in [4.69, 9.17) is 0 Å². The maximum atomic E-state index is 2.37. The van der Waals surface area contributed by atoms with Gasteiger partial charge in [-0.25, -0.2) is 0 Å². The molecule has 0 aromatic rings. The van der Waals surface area contributed by atoms with Crippen molar-refractivity contribution in [2.45, 2.75) is 37.8 Å². The summed E-state index contributed by atoms with van der Waals surface area (Å²) in [7, 11) is 1.24. The van der Waals surface area contributed by atoms with Crippen LogP contribution in [0.15, 0.2) is 0 Å². The molecular weight excluding hydrogens is 100 g/mol. The summed E-state index contributed by atoms with van der Waals surface area (Å²) >= 11 is 0. The standard InChI is InChI=1S/C6H12Si/c1-6(2)4-3-5-7-6/h3-5H2,1-2H3. The molecule has 2 radical (unpaired) electrons. The zero-order chi connectivity index (χ0) is 5.33. The van der Waals surface area contributed by atoms with Crippen molar-refractivity contribution in [2.24, 2.45) is 0 Å². The number of hydrogen-bond donors (Lipinski definition) is 0.